The van der Waals surface area contributed by atoms with E-state index in [2.05, 4.69) is 5.32 Å². The van der Waals surface area contributed by atoms with Gasteiger partial charge in [0.25, 0.3) is 5.69 Å². The number of fused-ring (bicyclic) bond motifs is 2. The number of benzene rings is 3. The van der Waals surface area contributed by atoms with Crippen molar-refractivity contribution in [1.82, 2.24) is 10.3 Å². The number of aryl methyl sites for hydroxylation is 1. The topological polar surface area (TPSA) is 106 Å². The zero-order valence-corrected chi connectivity index (χ0v) is 20.2. The average molecular weight is 487 g/mol. The third-order valence-corrected chi connectivity index (χ3v) is 6.51. The van der Waals surface area contributed by atoms with Gasteiger partial charge < -0.3 is 14.8 Å². The number of urea groups is 1. The number of nitro benzene ring substituents is 1. The van der Waals surface area contributed by atoms with Crippen molar-refractivity contribution in [2.45, 2.75) is 39.3 Å². The van der Waals surface area contributed by atoms with Gasteiger partial charge in [0.1, 0.15) is 0 Å². The number of carbonyl (C=O) groups is 1. The van der Waals surface area contributed by atoms with Crippen LogP contribution in [-0.2, 0) is 6.42 Å². The summed E-state index contributed by atoms with van der Waals surface area (Å²) in [7, 11) is 0. The number of nitro groups is 1. The highest BCUT2D eigenvalue weighted by Gasteiger charge is 2.31. The Morgan fingerprint density at radius 3 is 2.56 bits per heavy atom. The van der Waals surface area contributed by atoms with Crippen molar-refractivity contribution < 1.29 is 19.2 Å². The molecule has 0 bridgehead atoms. The molecule has 2 atom stereocenters. The summed E-state index contributed by atoms with van der Waals surface area (Å²) in [6.45, 7) is 5.69. The summed E-state index contributed by atoms with van der Waals surface area (Å²) >= 11 is 0. The highest BCUT2D eigenvalue weighted by atomic mass is 16.7. The molecule has 9 nitrogen and oxygen atoms in total. The summed E-state index contributed by atoms with van der Waals surface area (Å²) in [6.07, 6.45) is 0.540. The van der Waals surface area contributed by atoms with Gasteiger partial charge in [-0.1, -0.05) is 30.3 Å². The van der Waals surface area contributed by atoms with E-state index in [0.29, 0.717) is 34.8 Å². The number of nitrogens with zero attached hydrogens (tertiary/aromatic N) is 3. The maximum Gasteiger partial charge on any atom is 0.338 e. The van der Waals surface area contributed by atoms with E-state index in [4.69, 9.17) is 14.6 Å². The first-order chi connectivity index (χ1) is 17.3. The van der Waals surface area contributed by atoms with Gasteiger partial charge in [-0.25, -0.2) is 9.80 Å². The van der Waals surface area contributed by atoms with Crippen LogP contribution in [0.25, 0.3) is 0 Å². The van der Waals surface area contributed by atoms with E-state index in [0.717, 1.165) is 16.7 Å². The first-order valence-corrected chi connectivity index (χ1v) is 11.7. The lowest BCUT2D eigenvalue weighted by molar-refractivity contribution is -0.385. The molecule has 0 saturated carbocycles. The van der Waals surface area contributed by atoms with Gasteiger partial charge >= 0.3 is 6.03 Å². The number of hydrogen-bond donors (Lipinski definition) is 1. The van der Waals surface area contributed by atoms with E-state index < -0.39 is 4.92 Å². The van der Waals surface area contributed by atoms with Crippen LogP contribution in [-0.4, -0.2) is 34.5 Å². The Labute approximate surface area is 208 Å². The fourth-order valence-electron chi connectivity index (χ4n) is 4.58. The third-order valence-electron chi connectivity index (χ3n) is 6.51. The number of hydrazone groups is 1. The Balaban J connectivity index is 1.57. The lowest BCUT2D eigenvalue weighted by Gasteiger charge is -2.26. The fraction of sp³-hybridized carbons (Fsp3) is 0.259. The maximum atomic E-state index is 13.5. The normalized spacial score (nSPS) is 17.0. The lowest BCUT2D eigenvalue weighted by Crippen LogP contribution is -2.43. The molecule has 184 valence electrons. The van der Waals surface area contributed by atoms with Crippen LogP contribution < -0.4 is 14.8 Å². The smallest absolute Gasteiger partial charge is 0.338 e. The summed E-state index contributed by atoms with van der Waals surface area (Å²) in [5.41, 5.74) is 4.47. The first-order valence-electron chi connectivity index (χ1n) is 11.7. The van der Waals surface area contributed by atoms with E-state index in [1.165, 1.54) is 11.1 Å². The Bertz CT molecular complexity index is 1370. The molecule has 3 aromatic rings. The predicted octanol–water partition coefficient (Wildman–Crippen LogP) is 5.10. The quantitative estimate of drug-likeness (QED) is 0.408. The Morgan fingerprint density at radius 2 is 1.86 bits per heavy atom. The van der Waals surface area contributed by atoms with Crippen LogP contribution >= 0.6 is 0 Å². The van der Waals surface area contributed by atoms with Crippen molar-refractivity contribution in [2.24, 2.45) is 5.10 Å². The van der Waals surface area contributed by atoms with Crippen LogP contribution in [0.1, 0.15) is 47.7 Å². The Hall–Kier alpha value is -4.40. The lowest BCUT2D eigenvalue weighted by atomic mass is 9.93. The molecule has 0 saturated heterocycles. The van der Waals surface area contributed by atoms with Crippen molar-refractivity contribution in [3.8, 4) is 11.5 Å². The molecule has 0 fully saturated rings. The predicted molar refractivity (Wildman–Crippen MR) is 134 cm³/mol. The molecule has 2 aliphatic rings. The zero-order valence-electron chi connectivity index (χ0n) is 20.2. The number of amides is 2. The monoisotopic (exact) mass is 486 g/mol. The number of nitrogens with one attached hydrogen (secondary N) is 1. The molecule has 0 spiro atoms. The highest BCUT2D eigenvalue weighted by Crippen LogP contribution is 2.38. The van der Waals surface area contributed by atoms with E-state index in [9.17, 15) is 14.9 Å². The largest absolute Gasteiger partial charge is 0.454 e. The molecule has 2 aliphatic heterocycles. The summed E-state index contributed by atoms with van der Waals surface area (Å²) in [5.74, 6) is 1.25. The molecule has 2 heterocycles. The van der Waals surface area contributed by atoms with Gasteiger partial charge in [0.2, 0.25) is 6.79 Å². The summed E-state index contributed by atoms with van der Waals surface area (Å²) in [5, 5.41) is 20.7. The minimum atomic E-state index is -0.410. The molecule has 9 heteroatoms. The van der Waals surface area contributed by atoms with Gasteiger partial charge in [0, 0.05) is 22.8 Å². The molecular formula is C27H26N4O5. The minimum Gasteiger partial charge on any atom is -0.454 e. The van der Waals surface area contributed by atoms with Crippen LogP contribution in [0.5, 0.6) is 11.5 Å². The van der Waals surface area contributed by atoms with Gasteiger partial charge in [-0.3, -0.25) is 10.1 Å². The number of ether oxygens (including phenoxy) is 2. The van der Waals surface area contributed by atoms with Crippen LogP contribution in [0.15, 0.2) is 65.8 Å². The van der Waals surface area contributed by atoms with Crippen LogP contribution in [0.2, 0.25) is 0 Å². The molecule has 0 radical (unpaired) electrons. The minimum absolute atomic E-state index is 0.0264. The molecule has 2 amide bonds. The number of hydrogen-bond acceptors (Lipinski definition) is 6. The van der Waals surface area contributed by atoms with Crippen molar-refractivity contribution in [1.29, 1.82) is 0 Å². The Morgan fingerprint density at radius 1 is 1.14 bits per heavy atom. The molecule has 3 aromatic carbocycles. The number of carbonyl (C=O) groups excluding carboxylic acids is 1. The average Bonchev–Trinajstić information content (AvgIpc) is 3.26. The van der Waals surface area contributed by atoms with Gasteiger partial charge in [-0.15, -0.1) is 0 Å². The molecule has 36 heavy (non-hydrogen) atoms. The SMILES string of the molecule is Cc1cc(C2=NN(C(=O)N[C@H](C)c3ccccc3)[C@H](C)Cc3cc4c(cc32)OCO4)ccc1[N+](=O)[O-]. The van der Waals surface area contributed by atoms with E-state index in [1.807, 2.05) is 56.3 Å². The van der Waals surface area contributed by atoms with E-state index in [-0.39, 0.29) is 30.6 Å². The molecule has 0 aliphatic carbocycles. The Kier molecular flexibility index (Phi) is 6.05. The van der Waals surface area contributed by atoms with Gasteiger partial charge in [0.05, 0.1) is 22.7 Å². The van der Waals surface area contributed by atoms with Gasteiger partial charge in [0.15, 0.2) is 11.5 Å². The molecular weight excluding hydrogens is 460 g/mol. The summed E-state index contributed by atoms with van der Waals surface area (Å²) in [4.78, 5) is 24.4. The van der Waals surface area contributed by atoms with Crippen molar-refractivity contribution in [2.75, 3.05) is 6.79 Å². The van der Waals surface area contributed by atoms with Gasteiger partial charge in [-0.05, 0) is 62.6 Å². The van der Waals surface area contributed by atoms with Crippen LogP contribution in [0.4, 0.5) is 10.5 Å². The zero-order chi connectivity index (χ0) is 25.4. The van der Waals surface area contributed by atoms with E-state index in [1.54, 1.807) is 19.1 Å². The second-order valence-electron chi connectivity index (χ2n) is 9.05. The molecule has 0 unspecified atom stereocenters. The second kappa shape index (κ2) is 9.33. The van der Waals surface area contributed by atoms with E-state index >= 15 is 0 Å². The summed E-state index contributed by atoms with van der Waals surface area (Å²) < 4.78 is 11.2. The molecule has 0 aromatic heterocycles. The number of rotatable bonds is 4. The fourth-order valence-corrected chi connectivity index (χ4v) is 4.58. The van der Waals surface area contributed by atoms with Crippen molar-refractivity contribution in [3.63, 3.8) is 0 Å². The van der Waals surface area contributed by atoms with Crippen LogP contribution in [0, 0.1) is 17.0 Å². The standard InChI is InChI=1S/C27H26N4O5/c1-16-11-20(9-10-23(16)31(33)34)26-22-14-25-24(35-15-36-25)13-21(22)12-17(2)30(29-26)27(32)28-18(3)19-7-5-4-6-8-19/h4-11,13-14,17-18H,12,15H2,1-3H3,(H,28,32)/t17-,18-/m1/s1. The first kappa shape index (κ1) is 23.3. The maximum absolute atomic E-state index is 13.5. The molecule has 1 N–H and O–H groups in total. The van der Waals surface area contributed by atoms with Crippen molar-refractivity contribution in [3.05, 3.63) is 98.6 Å². The van der Waals surface area contributed by atoms with Gasteiger partial charge in [-0.2, -0.15) is 5.10 Å². The van der Waals surface area contributed by atoms with Crippen molar-refractivity contribution >= 4 is 17.4 Å². The highest BCUT2D eigenvalue weighted by molar-refractivity contribution is 6.14. The van der Waals surface area contributed by atoms with Crippen LogP contribution in [0.3, 0.4) is 0 Å². The molecule has 5 rings (SSSR count). The summed E-state index contributed by atoms with van der Waals surface area (Å²) in [6, 6.07) is 17.6. The third kappa shape index (κ3) is 4.35. The second-order valence-corrected chi connectivity index (χ2v) is 9.05.